The third kappa shape index (κ3) is 3.06. The molecule has 0 aliphatic heterocycles. The van der Waals surface area contributed by atoms with E-state index < -0.39 is 17.7 Å². The molecule has 100 valence electrons. The Bertz CT molecular complexity index is 601. The molecule has 0 fully saturated rings. The molecule has 0 saturated heterocycles. The smallest absolute Gasteiger partial charge is 0.416 e. The molecule has 0 bridgehead atoms. The van der Waals surface area contributed by atoms with Crippen LogP contribution in [0, 0.1) is 0 Å². The third-order valence-corrected chi connectivity index (χ3v) is 2.17. The molecule has 1 heterocycles. The summed E-state index contributed by atoms with van der Waals surface area (Å²) in [6.07, 6.45) is -4.48. The second-order valence-electron chi connectivity index (χ2n) is 3.55. The number of carboxylic acids is 1. The first-order valence-electron chi connectivity index (χ1n) is 5.04. The number of furan rings is 1. The van der Waals surface area contributed by atoms with E-state index in [1.807, 2.05) is 0 Å². The van der Waals surface area contributed by atoms with Crippen LogP contribution in [0.2, 0.25) is 0 Å². The highest BCUT2D eigenvalue weighted by Crippen LogP contribution is 2.32. The summed E-state index contributed by atoms with van der Waals surface area (Å²) in [7, 11) is 0. The molecule has 1 aromatic heterocycles. The fourth-order valence-electron chi connectivity index (χ4n) is 1.34. The molecule has 0 spiro atoms. The zero-order valence-corrected chi connectivity index (χ0v) is 9.27. The predicted molar refractivity (Wildman–Crippen MR) is 57.2 cm³/mol. The van der Waals surface area contributed by atoms with Crippen LogP contribution in [0.3, 0.4) is 0 Å². The van der Waals surface area contributed by atoms with Crippen LogP contribution in [0.1, 0.15) is 16.1 Å². The Morgan fingerprint density at radius 2 is 1.95 bits per heavy atom. The summed E-state index contributed by atoms with van der Waals surface area (Å²) < 4.78 is 47.2. The van der Waals surface area contributed by atoms with Gasteiger partial charge in [0.2, 0.25) is 5.76 Å². The van der Waals surface area contributed by atoms with Crippen LogP contribution in [0.15, 0.2) is 40.8 Å². The number of hydrogen-bond acceptors (Lipinski definition) is 3. The van der Waals surface area contributed by atoms with Gasteiger partial charge in [-0.05, 0) is 24.3 Å². The number of carboxylic acid groups (broad SMARTS) is 1. The van der Waals surface area contributed by atoms with Gasteiger partial charge in [-0.15, -0.1) is 0 Å². The van der Waals surface area contributed by atoms with Crippen molar-refractivity contribution in [3.8, 4) is 11.7 Å². The second kappa shape index (κ2) is 4.68. The number of hydrogen-bond donors (Lipinski definition) is 1. The van der Waals surface area contributed by atoms with Crippen LogP contribution in [0.5, 0.6) is 11.7 Å². The summed E-state index contributed by atoms with van der Waals surface area (Å²) in [5.74, 6) is -1.95. The minimum absolute atomic E-state index is 0.0962. The van der Waals surface area contributed by atoms with Gasteiger partial charge in [-0.3, -0.25) is 0 Å². The lowest BCUT2D eigenvalue weighted by atomic mass is 10.2. The van der Waals surface area contributed by atoms with Crippen molar-refractivity contribution in [3.05, 3.63) is 47.7 Å². The summed E-state index contributed by atoms with van der Waals surface area (Å²) in [4.78, 5) is 10.6. The highest BCUT2D eigenvalue weighted by Gasteiger charge is 2.30. The summed E-state index contributed by atoms with van der Waals surface area (Å²) in [5, 5.41) is 8.62. The molecule has 0 aliphatic carbocycles. The van der Waals surface area contributed by atoms with E-state index in [-0.39, 0.29) is 17.5 Å². The molecule has 1 N–H and O–H groups in total. The largest absolute Gasteiger partial charge is 0.475 e. The number of carbonyl (C=O) groups is 1. The number of alkyl halides is 3. The van der Waals surface area contributed by atoms with Crippen molar-refractivity contribution < 1.29 is 32.2 Å². The zero-order chi connectivity index (χ0) is 14.0. The number of aromatic carboxylic acids is 1. The molecule has 0 amide bonds. The van der Waals surface area contributed by atoms with Crippen LogP contribution < -0.4 is 4.74 Å². The van der Waals surface area contributed by atoms with Gasteiger partial charge in [0.25, 0.3) is 5.95 Å². The minimum atomic E-state index is -4.48. The number of halogens is 3. The normalized spacial score (nSPS) is 11.3. The Balaban J connectivity index is 2.21. The molecule has 19 heavy (non-hydrogen) atoms. The van der Waals surface area contributed by atoms with E-state index in [1.54, 1.807) is 0 Å². The molecule has 0 aliphatic rings. The SMILES string of the molecule is O=C(O)c1ccc(Oc2cccc(C(F)(F)F)c2)o1. The Morgan fingerprint density at radius 3 is 2.53 bits per heavy atom. The van der Waals surface area contributed by atoms with Crippen LogP contribution in [-0.4, -0.2) is 11.1 Å². The average molecular weight is 272 g/mol. The van der Waals surface area contributed by atoms with E-state index >= 15 is 0 Å². The first-order chi connectivity index (χ1) is 8.86. The van der Waals surface area contributed by atoms with Gasteiger partial charge in [0.1, 0.15) is 5.75 Å². The van der Waals surface area contributed by atoms with Crippen molar-refractivity contribution >= 4 is 5.97 Å². The third-order valence-electron chi connectivity index (χ3n) is 2.17. The van der Waals surface area contributed by atoms with Gasteiger partial charge < -0.3 is 14.3 Å². The Hall–Kier alpha value is -2.44. The topological polar surface area (TPSA) is 59.7 Å². The second-order valence-corrected chi connectivity index (χ2v) is 3.55. The number of ether oxygens (including phenoxy) is 1. The molecule has 4 nitrogen and oxygen atoms in total. The maximum atomic E-state index is 12.5. The Kier molecular flexibility index (Phi) is 3.20. The quantitative estimate of drug-likeness (QED) is 0.923. The van der Waals surface area contributed by atoms with Crippen LogP contribution in [-0.2, 0) is 6.18 Å². The van der Waals surface area contributed by atoms with Gasteiger partial charge in [-0.25, -0.2) is 4.79 Å². The van der Waals surface area contributed by atoms with E-state index in [1.165, 1.54) is 18.2 Å². The van der Waals surface area contributed by atoms with Crippen molar-refractivity contribution in [3.63, 3.8) is 0 Å². The maximum absolute atomic E-state index is 12.5. The first kappa shape index (κ1) is 13.0. The van der Waals surface area contributed by atoms with Crippen LogP contribution in [0.25, 0.3) is 0 Å². The van der Waals surface area contributed by atoms with Gasteiger partial charge in [-0.2, -0.15) is 13.2 Å². The fraction of sp³-hybridized carbons (Fsp3) is 0.0833. The first-order valence-corrected chi connectivity index (χ1v) is 5.04. The van der Waals surface area contributed by atoms with Crippen molar-refractivity contribution in [1.29, 1.82) is 0 Å². The van der Waals surface area contributed by atoms with E-state index in [4.69, 9.17) is 14.3 Å². The standard InChI is InChI=1S/C12H7F3O4/c13-12(14,15)7-2-1-3-8(6-7)18-10-5-4-9(19-10)11(16)17/h1-6H,(H,16,17). The Labute approximate surface area is 105 Å². The molecule has 0 unspecified atom stereocenters. The molecule has 2 rings (SSSR count). The molecule has 2 aromatic rings. The van der Waals surface area contributed by atoms with Crippen molar-refractivity contribution in [2.45, 2.75) is 6.18 Å². The van der Waals surface area contributed by atoms with Crippen molar-refractivity contribution in [1.82, 2.24) is 0 Å². The highest BCUT2D eigenvalue weighted by molar-refractivity contribution is 5.84. The van der Waals surface area contributed by atoms with Gasteiger partial charge >= 0.3 is 12.1 Å². The molecule has 0 radical (unpaired) electrons. The fourth-order valence-corrected chi connectivity index (χ4v) is 1.34. The summed E-state index contributed by atoms with van der Waals surface area (Å²) >= 11 is 0. The number of benzene rings is 1. The predicted octanol–water partition coefficient (Wildman–Crippen LogP) is 3.79. The molecule has 1 aromatic carbocycles. The molecule has 0 saturated carbocycles. The minimum Gasteiger partial charge on any atom is -0.475 e. The lowest BCUT2D eigenvalue weighted by Crippen LogP contribution is -2.04. The van der Waals surface area contributed by atoms with E-state index in [0.29, 0.717) is 0 Å². The molecule has 0 atom stereocenters. The van der Waals surface area contributed by atoms with E-state index in [9.17, 15) is 18.0 Å². The van der Waals surface area contributed by atoms with Crippen LogP contribution in [0.4, 0.5) is 13.2 Å². The van der Waals surface area contributed by atoms with Gasteiger partial charge in [0, 0.05) is 6.07 Å². The summed E-state index contributed by atoms with van der Waals surface area (Å²) in [6.45, 7) is 0. The van der Waals surface area contributed by atoms with Gasteiger partial charge in [0.05, 0.1) is 5.56 Å². The highest BCUT2D eigenvalue weighted by atomic mass is 19.4. The summed E-state index contributed by atoms with van der Waals surface area (Å²) in [5.41, 5.74) is -0.866. The molecular formula is C12H7F3O4. The van der Waals surface area contributed by atoms with Crippen molar-refractivity contribution in [2.24, 2.45) is 0 Å². The lowest BCUT2D eigenvalue weighted by molar-refractivity contribution is -0.137. The Morgan fingerprint density at radius 1 is 1.21 bits per heavy atom. The van der Waals surface area contributed by atoms with Crippen LogP contribution >= 0.6 is 0 Å². The van der Waals surface area contributed by atoms with Crippen molar-refractivity contribution in [2.75, 3.05) is 0 Å². The summed E-state index contributed by atoms with van der Waals surface area (Å²) in [6, 6.07) is 6.53. The monoisotopic (exact) mass is 272 g/mol. The zero-order valence-electron chi connectivity index (χ0n) is 9.27. The molecular weight excluding hydrogens is 265 g/mol. The number of rotatable bonds is 3. The lowest BCUT2D eigenvalue weighted by Gasteiger charge is -2.08. The van der Waals surface area contributed by atoms with E-state index in [2.05, 4.69) is 0 Å². The average Bonchev–Trinajstić information content (AvgIpc) is 2.77. The van der Waals surface area contributed by atoms with Gasteiger partial charge in [0.15, 0.2) is 0 Å². The van der Waals surface area contributed by atoms with E-state index in [0.717, 1.165) is 18.2 Å². The maximum Gasteiger partial charge on any atom is 0.416 e. The van der Waals surface area contributed by atoms with Gasteiger partial charge in [-0.1, -0.05) is 6.07 Å². The molecule has 7 heteroatoms.